The Bertz CT molecular complexity index is 1360. The van der Waals surface area contributed by atoms with E-state index in [0.29, 0.717) is 17.0 Å². The Morgan fingerprint density at radius 3 is 2.61 bits per heavy atom. The Hall–Kier alpha value is -3.40. The minimum atomic E-state index is -4.62. The van der Waals surface area contributed by atoms with E-state index in [4.69, 9.17) is 4.74 Å². The standard InChI is InChI=1S/C21H14F3N3O3S/c22-21(23,24)17-14-3-1-2-4-15(14)19(27-26-17)30-11-6-8-12-10(9-11)5-7-13(12)16-18(28)25-20(29)31-16/h1-4,6,8-9,13,28H,5,7H2,(H,25,29). The van der Waals surface area contributed by atoms with Crippen molar-refractivity contribution in [3.63, 3.8) is 0 Å². The maximum Gasteiger partial charge on any atom is 0.435 e. The van der Waals surface area contributed by atoms with Gasteiger partial charge in [-0.2, -0.15) is 13.2 Å². The summed E-state index contributed by atoms with van der Waals surface area (Å²) < 4.78 is 45.6. The largest absolute Gasteiger partial charge is 0.494 e. The van der Waals surface area contributed by atoms with Crippen molar-refractivity contribution in [1.29, 1.82) is 0 Å². The number of benzene rings is 2. The first kappa shape index (κ1) is 19.6. The highest BCUT2D eigenvalue weighted by atomic mass is 32.1. The van der Waals surface area contributed by atoms with E-state index in [1.165, 1.54) is 18.2 Å². The zero-order chi connectivity index (χ0) is 21.8. The van der Waals surface area contributed by atoms with Crippen LogP contribution < -0.4 is 9.61 Å². The number of aromatic hydroxyl groups is 1. The third-order valence-electron chi connectivity index (χ3n) is 5.30. The molecule has 0 saturated carbocycles. The first-order valence-corrected chi connectivity index (χ1v) is 10.2. The van der Waals surface area contributed by atoms with Gasteiger partial charge in [0.2, 0.25) is 11.8 Å². The average Bonchev–Trinajstić information content (AvgIpc) is 3.29. The normalized spacial score (nSPS) is 15.9. The van der Waals surface area contributed by atoms with E-state index in [9.17, 15) is 23.1 Å². The number of aryl methyl sites for hydroxylation is 1. The molecule has 2 aromatic carbocycles. The van der Waals surface area contributed by atoms with E-state index in [2.05, 4.69) is 15.2 Å². The van der Waals surface area contributed by atoms with Crippen molar-refractivity contribution in [1.82, 2.24) is 15.2 Å². The molecule has 0 amide bonds. The van der Waals surface area contributed by atoms with Gasteiger partial charge in [0.15, 0.2) is 5.69 Å². The minimum Gasteiger partial charge on any atom is -0.494 e. The van der Waals surface area contributed by atoms with Crippen LogP contribution in [0.4, 0.5) is 13.2 Å². The molecule has 10 heteroatoms. The molecule has 0 aliphatic heterocycles. The Kier molecular flexibility index (Phi) is 4.47. The summed E-state index contributed by atoms with van der Waals surface area (Å²) in [7, 11) is 0. The molecule has 1 aliphatic rings. The van der Waals surface area contributed by atoms with Crippen LogP contribution in [-0.2, 0) is 12.6 Å². The van der Waals surface area contributed by atoms with Crippen LogP contribution in [0.5, 0.6) is 17.5 Å². The maximum absolute atomic E-state index is 13.3. The number of thiazole rings is 1. The maximum atomic E-state index is 13.3. The van der Waals surface area contributed by atoms with Crippen molar-refractivity contribution in [3.05, 3.63) is 73.8 Å². The number of hydrogen-bond donors (Lipinski definition) is 2. The quantitative estimate of drug-likeness (QED) is 0.465. The van der Waals surface area contributed by atoms with Gasteiger partial charge in [0, 0.05) is 16.7 Å². The smallest absolute Gasteiger partial charge is 0.435 e. The van der Waals surface area contributed by atoms with Crippen LogP contribution in [0.2, 0.25) is 0 Å². The first-order valence-electron chi connectivity index (χ1n) is 9.36. The molecule has 2 heterocycles. The highest BCUT2D eigenvalue weighted by Crippen LogP contribution is 2.44. The molecule has 0 bridgehead atoms. The lowest BCUT2D eigenvalue weighted by atomic mass is 10.00. The molecule has 4 aromatic rings. The van der Waals surface area contributed by atoms with Gasteiger partial charge in [-0.15, -0.1) is 10.2 Å². The number of aromatic nitrogens is 3. The number of ether oxygens (including phenoxy) is 1. The molecule has 31 heavy (non-hydrogen) atoms. The fourth-order valence-electron chi connectivity index (χ4n) is 3.97. The summed E-state index contributed by atoms with van der Waals surface area (Å²) in [6.07, 6.45) is -3.19. The number of aromatic amines is 1. The molecule has 0 fully saturated rings. The summed E-state index contributed by atoms with van der Waals surface area (Å²) in [4.78, 5) is 14.2. The molecular weight excluding hydrogens is 431 g/mol. The molecule has 2 aromatic heterocycles. The highest BCUT2D eigenvalue weighted by Gasteiger charge is 2.36. The molecule has 1 atom stereocenters. The molecule has 5 rings (SSSR count). The van der Waals surface area contributed by atoms with Crippen molar-refractivity contribution in [3.8, 4) is 17.5 Å². The summed E-state index contributed by atoms with van der Waals surface area (Å²) in [6, 6.07) is 11.3. The second kappa shape index (κ2) is 7.09. The molecule has 0 saturated heterocycles. The number of hydrogen-bond acceptors (Lipinski definition) is 6. The van der Waals surface area contributed by atoms with Crippen molar-refractivity contribution in [2.45, 2.75) is 24.9 Å². The third kappa shape index (κ3) is 3.42. The van der Waals surface area contributed by atoms with Crippen LogP contribution in [0.1, 0.15) is 34.0 Å². The molecular formula is C21H14F3N3O3S. The van der Waals surface area contributed by atoms with E-state index >= 15 is 0 Å². The van der Waals surface area contributed by atoms with E-state index in [-0.39, 0.29) is 33.3 Å². The summed E-state index contributed by atoms with van der Waals surface area (Å²) in [5.41, 5.74) is 0.894. The number of alkyl halides is 3. The summed E-state index contributed by atoms with van der Waals surface area (Å²) in [5, 5.41) is 17.1. The van der Waals surface area contributed by atoms with E-state index < -0.39 is 11.9 Å². The molecule has 1 unspecified atom stereocenters. The summed E-state index contributed by atoms with van der Waals surface area (Å²) in [6.45, 7) is 0. The van der Waals surface area contributed by atoms with E-state index in [1.807, 2.05) is 6.07 Å². The van der Waals surface area contributed by atoms with Gasteiger partial charge in [-0.1, -0.05) is 35.6 Å². The van der Waals surface area contributed by atoms with Crippen LogP contribution in [0.3, 0.4) is 0 Å². The van der Waals surface area contributed by atoms with Crippen molar-refractivity contribution in [2.24, 2.45) is 0 Å². The lowest BCUT2D eigenvalue weighted by Crippen LogP contribution is -2.10. The summed E-state index contributed by atoms with van der Waals surface area (Å²) >= 11 is 0.984. The van der Waals surface area contributed by atoms with E-state index in [1.54, 1.807) is 18.2 Å². The number of nitrogens with zero attached hydrogens (tertiary/aromatic N) is 2. The van der Waals surface area contributed by atoms with Gasteiger partial charge in [-0.25, -0.2) is 0 Å². The monoisotopic (exact) mass is 445 g/mol. The number of halogens is 3. The molecule has 0 radical (unpaired) electrons. The zero-order valence-electron chi connectivity index (χ0n) is 15.7. The lowest BCUT2D eigenvalue weighted by Gasteiger charge is -2.13. The molecule has 0 spiro atoms. The molecule has 2 N–H and O–H groups in total. The van der Waals surface area contributed by atoms with Gasteiger partial charge in [-0.05, 0) is 42.2 Å². The van der Waals surface area contributed by atoms with E-state index in [0.717, 1.165) is 28.9 Å². The lowest BCUT2D eigenvalue weighted by molar-refractivity contribution is -0.140. The Morgan fingerprint density at radius 2 is 1.90 bits per heavy atom. The fraction of sp³-hybridized carbons (Fsp3) is 0.190. The van der Waals surface area contributed by atoms with Crippen LogP contribution in [-0.4, -0.2) is 20.3 Å². The number of fused-ring (bicyclic) bond motifs is 2. The third-order valence-corrected chi connectivity index (χ3v) is 6.29. The van der Waals surface area contributed by atoms with Crippen molar-refractivity contribution >= 4 is 22.1 Å². The zero-order valence-corrected chi connectivity index (χ0v) is 16.5. The molecule has 1 aliphatic carbocycles. The molecule has 158 valence electrons. The van der Waals surface area contributed by atoms with Gasteiger partial charge >= 0.3 is 11.0 Å². The Balaban J connectivity index is 1.49. The van der Waals surface area contributed by atoms with Gasteiger partial charge in [-0.3, -0.25) is 9.78 Å². The van der Waals surface area contributed by atoms with Crippen LogP contribution in [0.25, 0.3) is 10.8 Å². The average molecular weight is 445 g/mol. The number of nitrogens with one attached hydrogen (secondary N) is 1. The second-order valence-corrected chi connectivity index (χ2v) is 8.19. The van der Waals surface area contributed by atoms with Crippen molar-refractivity contribution in [2.75, 3.05) is 0 Å². The van der Waals surface area contributed by atoms with Gasteiger partial charge in [0.05, 0.1) is 4.88 Å². The van der Waals surface area contributed by atoms with Gasteiger partial charge in [0.1, 0.15) is 5.75 Å². The van der Waals surface area contributed by atoms with Gasteiger partial charge in [0.25, 0.3) is 0 Å². The van der Waals surface area contributed by atoms with Gasteiger partial charge < -0.3 is 9.84 Å². The van der Waals surface area contributed by atoms with Crippen LogP contribution in [0.15, 0.2) is 47.3 Å². The number of rotatable bonds is 3. The Labute approximate surface area is 177 Å². The first-order chi connectivity index (χ1) is 14.8. The van der Waals surface area contributed by atoms with Crippen LogP contribution in [0, 0.1) is 0 Å². The summed E-state index contributed by atoms with van der Waals surface area (Å²) in [5.74, 6) is 0.198. The second-order valence-electron chi connectivity index (χ2n) is 7.18. The minimum absolute atomic E-state index is 0.0143. The molecule has 6 nitrogen and oxygen atoms in total. The number of H-pyrrole nitrogens is 1. The predicted octanol–water partition coefficient (Wildman–Crippen LogP) is 4.97. The predicted molar refractivity (Wildman–Crippen MR) is 108 cm³/mol. The Morgan fingerprint density at radius 1 is 1.13 bits per heavy atom. The fourth-order valence-corrected chi connectivity index (χ4v) is 4.86. The highest BCUT2D eigenvalue weighted by molar-refractivity contribution is 7.09. The SMILES string of the molecule is O=c1[nH]c(O)c(C2CCc3cc(Oc4nnc(C(F)(F)F)c5ccccc45)ccc32)s1. The van der Waals surface area contributed by atoms with Crippen molar-refractivity contribution < 1.29 is 23.0 Å². The topological polar surface area (TPSA) is 88.1 Å². The van der Waals surface area contributed by atoms with Crippen LogP contribution >= 0.6 is 11.3 Å².